The number of aromatic nitrogens is 4. The molecule has 2 atom stereocenters. The van der Waals surface area contributed by atoms with E-state index in [0.29, 0.717) is 34.9 Å². The summed E-state index contributed by atoms with van der Waals surface area (Å²) in [7, 11) is 1.43. The molecule has 1 aliphatic carbocycles. The number of halogens is 3. The van der Waals surface area contributed by atoms with Gasteiger partial charge in [-0.1, -0.05) is 24.4 Å². The molecule has 0 saturated heterocycles. The summed E-state index contributed by atoms with van der Waals surface area (Å²) in [6, 6.07) is 1.34. The van der Waals surface area contributed by atoms with Crippen LogP contribution in [-0.2, 0) is 4.79 Å². The fourth-order valence-electron chi connectivity index (χ4n) is 3.87. The minimum Gasteiger partial charge on any atom is -0.481 e. The number of carbonyl (C=O) groups is 1. The number of rotatable bonds is 5. The largest absolute Gasteiger partial charge is 0.481 e. The van der Waals surface area contributed by atoms with Crippen molar-refractivity contribution in [1.29, 1.82) is 0 Å². The van der Waals surface area contributed by atoms with Crippen LogP contribution in [0.3, 0.4) is 0 Å². The molecule has 3 aromatic heterocycles. The van der Waals surface area contributed by atoms with Gasteiger partial charge in [0.25, 0.3) is 0 Å². The van der Waals surface area contributed by atoms with E-state index in [1.807, 2.05) is 10.2 Å². The van der Waals surface area contributed by atoms with Crippen LogP contribution >= 0.6 is 41.9 Å². The van der Waals surface area contributed by atoms with Gasteiger partial charge in [0.2, 0.25) is 0 Å². The van der Waals surface area contributed by atoms with Crippen molar-refractivity contribution in [2.45, 2.75) is 38.6 Å². The minimum absolute atomic E-state index is 0.00242. The molecule has 158 valence electrons. The zero-order valence-corrected chi connectivity index (χ0v) is 19.6. The van der Waals surface area contributed by atoms with Gasteiger partial charge in [0.05, 0.1) is 16.6 Å². The monoisotopic (exact) mass is 561 g/mol. The minimum atomic E-state index is -0.985. The summed E-state index contributed by atoms with van der Waals surface area (Å²) in [4.78, 5) is 24.8. The third kappa shape index (κ3) is 3.84. The van der Waals surface area contributed by atoms with Crippen LogP contribution in [0.4, 0.5) is 10.2 Å². The van der Waals surface area contributed by atoms with Gasteiger partial charge in [-0.15, -0.1) is 0 Å². The molecule has 0 spiro atoms. The average Bonchev–Trinajstić information content (AvgIpc) is 3.09. The smallest absolute Gasteiger partial charge is 0.311 e. The Morgan fingerprint density at radius 2 is 2.23 bits per heavy atom. The molecule has 0 aliphatic heterocycles. The molecule has 3 heterocycles. The van der Waals surface area contributed by atoms with Gasteiger partial charge in [0.1, 0.15) is 0 Å². The van der Waals surface area contributed by atoms with Gasteiger partial charge in [-0.2, -0.15) is 0 Å². The van der Waals surface area contributed by atoms with Crippen molar-refractivity contribution in [3.05, 3.63) is 35.5 Å². The normalized spacial score (nSPS) is 21.7. The lowest BCUT2D eigenvalue weighted by atomic mass is 9.71. The first-order chi connectivity index (χ1) is 14.3. The van der Waals surface area contributed by atoms with Gasteiger partial charge < -0.3 is 10.4 Å². The van der Waals surface area contributed by atoms with Gasteiger partial charge in [-0.05, 0) is 25.8 Å². The van der Waals surface area contributed by atoms with Crippen LogP contribution in [0, 0.1) is 11.2 Å². The third-order valence-corrected chi connectivity index (χ3v) is 7.55. The summed E-state index contributed by atoms with van der Waals surface area (Å²) in [5, 5.41) is 14.0. The highest BCUT2D eigenvalue weighted by Gasteiger charge is 2.43. The van der Waals surface area contributed by atoms with E-state index in [2.05, 4.69) is 41.5 Å². The molecule has 30 heavy (non-hydrogen) atoms. The van der Waals surface area contributed by atoms with E-state index in [1.54, 1.807) is 19.2 Å². The van der Waals surface area contributed by atoms with Gasteiger partial charge in [-0.3, -0.25) is 8.77 Å². The Bertz CT molecular complexity index is 1130. The standard InChI is InChI=1S/C19H18ClFIN5O2S/c1-19(18(28)29)5-3-2-4-14(19)25-16-13(21)8-23-15(26-16)12-9-27(30-22)17-11(12)6-10(20)7-24-17/h6-9,14H,2-5H2,1H3,(H,28,29)(H,23,25,26)/t14-,19-/m0/s1. The molecule has 1 aliphatic rings. The van der Waals surface area contributed by atoms with E-state index in [1.165, 1.54) is 9.12 Å². The third-order valence-electron chi connectivity index (χ3n) is 5.65. The second kappa shape index (κ2) is 8.46. The summed E-state index contributed by atoms with van der Waals surface area (Å²) in [5.74, 6) is -1.21. The van der Waals surface area contributed by atoms with E-state index in [9.17, 15) is 14.3 Å². The predicted molar refractivity (Wildman–Crippen MR) is 124 cm³/mol. The quantitative estimate of drug-likeness (QED) is 0.393. The van der Waals surface area contributed by atoms with Crippen LogP contribution in [0.2, 0.25) is 5.02 Å². The molecule has 0 radical (unpaired) electrons. The Morgan fingerprint density at radius 1 is 1.43 bits per heavy atom. The van der Waals surface area contributed by atoms with Crippen molar-refractivity contribution in [2.24, 2.45) is 5.41 Å². The molecule has 1 fully saturated rings. The van der Waals surface area contributed by atoms with Crippen molar-refractivity contribution in [3.8, 4) is 11.4 Å². The maximum Gasteiger partial charge on any atom is 0.311 e. The summed E-state index contributed by atoms with van der Waals surface area (Å²) in [5.41, 5.74) is 0.375. The Kier molecular flexibility index (Phi) is 6.08. The number of fused-ring (bicyclic) bond motifs is 1. The Hall–Kier alpha value is -1.66. The van der Waals surface area contributed by atoms with Crippen molar-refractivity contribution in [1.82, 2.24) is 18.9 Å². The van der Waals surface area contributed by atoms with E-state index in [-0.39, 0.29) is 5.82 Å². The highest BCUT2D eigenvalue weighted by atomic mass is 127. The number of hydrogen-bond acceptors (Lipinski definition) is 6. The second-order valence-electron chi connectivity index (χ2n) is 7.52. The zero-order valence-electron chi connectivity index (χ0n) is 15.9. The fraction of sp³-hybridized carbons (Fsp3) is 0.368. The summed E-state index contributed by atoms with van der Waals surface area (Å²) < 4.78 is 16.4. The lowest BCUT2D eigenvalue weighted by Gasteiger charge is -2.38. The molecule has 0 amide bonds. The molecule has 7 nitrogen and oxygen atoms in total. The number of nitrogens with one attached hydrogen (secondary N) is 1. The first-order valence-corrected chi connectivity index (χ1v) is 13.0. The van der Waals surface area contributed by atoms with E-state index in [0.717, 1.165) is 24.4 Å². The summed E-state index contributed by atoms with van der Waals surface area (Å²) in [6.45, 7) is 1.70. The van der Waals surface area contributed by atoms with E-state index < -0.39 is 23.2 Å². The number of nitrogens with zero attached hydrogens (tertiary/aromatic N) is 4. The first-order valence-electron chi connectivity index (χ1n) is 9.32. The van der Waals surface area contributed by atoms with Gasteiger partial charge in [-0.25, -0.2) is 19.3 Å². The number of pyridine rings is 1. The average molecular weight is 562 g/mol. The maximum atomic E-state index is 14.6. The molecule has 11 heteroatoms. The van der Waals surface area contributed by atoms with Gasteiger partial charge in [0, 0.05) is 59.7 Å². The van der Waals surface area contributed by atoms with Crippen LogP contribution in [0.15, 0.2) is 24.7 Å². The molecule has 4 rings (SSSR count). The number of carboxylic acids is 1. The highest BCUT2D eigenvalue weighted by Crippen LogP contribution is 2.39. The molecular formula is C19H18ClFIN5O2S. The van der Waals surface area contributed by atoms with Crippen LogP contribution in [-0.4, -0.2) is 36.0 Å². The number of anilines is 1. The van der Waals surface area contributed by atoms with Gasteiger partial charge in [0.15, 0.2) is 23.1 Å². The fourth-order valence-corrected chi connectivity index (χ4v) is 5.28. The van der Waals surface area contributed by atoms with Crippen LogP contribution in [0.5, 0.6) is 0 Å². The van der Waals surface area contributed by atoms with Crippen molar-refractivity contribution in [3.63, 3.8) is 0 Å². The van der Waals surface area contributed by atoms with Crippen molar-refractivity contribution >= 4 is 64.7 Å². The van der Waals surface area contributed by atoms with Crippen LogP contribution < -0.4 is 5.32 Å². The van der Waals surface area contributed by atoms with Crippen LogP contribution in [0.1, 0.15) is 32.6 Å². The summed E-state index contributed by atoms with van der Waals surface area (Å²) >= 11 is 8.27. The second-order valence-corrected chi connectivity index (χ2v) is 9.67. The molecule has 3 aromatic rings. The zero-order chi connectivity index (χ0) is 21.5. The van der Waals surface area contributed by atoms with Crippen molar-refractivity contribution in [2.75, 3.05) is 5.32 Å². The van der Waals surface area contributed by atoms with E-state index >= 15 is 0 Å². The number of carboxylic acid groups (broad SMARTS) is 1. The lowest BCUT2D eigenvalue weighted by molar-refractivity contribution is -0.150. The lowest BCUT2D eigenvalue weighted by Crippen LogP contribution is -2.47. The molecule has 2 N–H and O–H groups in total. The molecule has 0 unspecified atom stereocenters. The molecular weight excluding hydrogens is 544 g/mol. The van der Waals surface area contributed by atoms with E-state index in [4.69, 9.17) is 11.6 Å². The highest BCUT2D eigenvalue weighted by molar-refractivity contribution is 14.2. The topological polar surface area (TPSA) is 92.9 Å². The number of aliphatic carboxylic acids is 1. The summed E-state index contributed by atoms with van der Waals surface area (Å²) in [6.07, 6.45) is 7.36. The first kappa shape index (κ1) is 21.6. The molecule has 0 aromatic carbocycles. The SMILES string of the molecule is C[C@]1(C(=O)O)CCCC[C@@H]1Nc1nc(-c2cn(SI)c3ncc(Cl)cc23)ncc1F. The number of hydrogen-bond donors (Lipinski definition) is 2. The van der Waals surface area contributed by atoms with Crippen LogP contribution in [0.25, 0.3) is 22.4 Å². The van der Waals surface area contributed by atoms with Crippen molar-refractivity contribution < 1.29 is 14.3 Å². The Morgan fingerprint density at radius 3 is 2.97 bits per heavy atom. The molecule has 0 bridgehead atoms. The Balaban J connectivity index is 1.75. The molecule has 1 saturated carbocycles. The van der Waals surface area contributed by atoms with Gasteiger partial charge >= 0.3 is 5.97 Å². The predicted octanol–water partition coefficient (Wildman–Crippen LogP) is 5.58. The Labute approximate surface area is 193 Å². The maximum absolute atomic E-state index is 14.6.